The summed E-state index contributed by atoms with van der Waals surface area (Å²) in [6.07, 6.45) is 0.180. The van der Waals surface area contributed by atoms with Crippen LogP contribution in [0.15, 0.2) is 42.5 Å². The summed E-state index contributed by atoms with van der Waals surface area (Å²) < 4.78 is 0. The molecule has 0 radical (unpaired) electrons. The number of rotatable bonds is 4. The number of amides is 1. The summed E-state index contributed by atoms with van der Waals surface area (Å²) >= 11 is 5.78. The number of nitro groups is 1. The van der Waals surface area contributed by atoms with Crippen LogP contribution in [0.2, 0.25) is 5.02 Å². The fourth-order valence-electron chi connectivity index (χ4n) is 1.94. The first-order valence-corrected chi connectivity index (χ1v) is 6.63. The van der Waals surface area contributed by atoms with Crippen molar-refractivity contribution < 1.29 is 9.72 Å². The van der Waals surface area contributed by atoms with Gasteiger partial charge in [-0.1, -0.05) is 29.8 Å². The lowest BCUT2D eigenvalue weighted by Crippen LogP contribution is -2.15. The molecule has 0 bridgehead atoms. The van der Waals surface area contributed by atoms with Gasteiger partial charge in [0.2, 0.25) is 5.91 Å². The molecule has 0 aliphatic heterocycles. The summed E-state index contributed by atoms with van der Waals surface area (Å²) in [6.45, 7) is 1.61. The first-order valence-electron chi connectivity index (χ1n) is 6.25. The Labute approximate surface area is 126 Å². The van der Waals surface area contributed by atoms with Crippen LogP contribution in [0.25, 0.3) is 0 Å². The fourth-order valence-corrected chi connectivity index (χ4v) is 2.06. The summed E-state index contributed by atoms with van der Waals surface area (Å²) in [4.78, 5) is 22.4. The fraction of sp³-hybridized carbons (Fsp3) is 0.133. The minimum Gasteiger partial charge on any atom is -0.325 e. The highest BCUT2D eigenvalue weighted by molar-refractivity contribution is 6.30. The molecule has 6 heteroatoms. The zero-order valence-corrected chi connectivity index (χ0v) is 12.1. The molecule has 0 aromatic heterocycles. The van der Waals surface area contributed by atoms with Gasteiger partial charge in [-0.3, -0.25) is 14.9 Å². The summed E-state index contributed by atoms with van der Waals surface area (Å²) in [5.74, 6) is -0.235. The van der Waals surface area contributed by atoms with E-state index in [2.05, 4.69) is 5.32 Å². The molecule has 0 heterocycles. The lowest BCUT2D eigenvalue weighted by Gasteiger charge is -2.08. The minimum atomic E-state index is -0.468. The van der Waals surface area contributed by atoms with E-state index in [1.807, 2.05) is 0 Å². The first-order chi connectivity index (χ1) is 9.97. The SMILES string of the molecule is Cc1c(NC(=O)Cc2ccc(Cl)cc2)cccc1[N+](=O)[O-]. The molecule has 108 valence electrons. The molecule has 5 nitrogen and oxygen atoms in total. The Morgan fingerprint density at radius 1 is 1.24 bits per heavy atom. The number of benzene rings is 2. The Morgan fingerprint density at radius 2 is 1.90 bits per heavy atom. The summed E-state index contributed by atoms with van der Waals surface area (Å²) in [5.41, 5.74) is 1.69. The second-order valence-corrected chi connectivity index (χ2v) is 4.99. The van der Waals surface area contributed by atoms with E-state index >= 15 is 0 Å². The second kappa shape index (κ2) is 6.37. The molecule has 0 atom stereocenters. The molecule has 0 saturated carbocycles. The van der Waals surface area contributed by atoms with Crippen LogP contribution in [0, 0.1) is 17.0 Å². The van der Waals surface area contributed by atoms with Crippen LogP contribution in [0.4, 0.5) is 11.4 Å². The second-order valence-electron chi connectivity index (χ2n) is 4.56. The maximum Gasteiger partial charge on any atom is 0.274 e. The third kappa shape index (κ3) is 3.79. The maximum atomic E-state index is 12.0. The summed E-state index contributed by atoms with van der Waals surface area (Å²) in [6, 6.07) is 11.5. The van der Waals surface area contributed by atoms with Crippen molar-refractivity contribution in [1.29, 1.82) is 0 Å². The highest BCUT2D eigenvalue weighted by atomic mass is 35.5. The van der Waals surface area contributed by atoms with Crippen molar-refractivity contribution >= 4 is 28.9 Å². The topological polar surface area (TPSA) is 72.2 Å². The highest BCUT2D eigenvalue weighted by Crippen LogP contribution is 2.25. The van der Waals surface area contributed by atoms with Crippen molar-refractivity contribution in [3.8, 4) is 0 Å². The van der Waals surface area contributed by atoms with Crippen LogP contribution in [-0.4, -0.2) is 10.8 Å². The molecule has 0 aliphatic carbocycles. The number of hydrogen-bond acceptors (Lipinski definition) is 3. The highest BCUT2D eigenvalue weighted by Gasteiger charge is 2.14. The average Bonchev–Trinajstić information content (AvgIpc) is 2.43. The van der Waals surface area contributed by atoms with E-state index in [0.717, 1.165) is 5.56 Å². The third-order valence-electron chi connectivity index (χ3n) is 3.05. The smallest absolute Gasteiger partial charge is 0.274 e. The van der Waals surface area contributed by atoms with Crippen molar-refractivity contribution in [2.75, 3.05) is 5.32 Å². The van der Waals surface area contributed by atoms with Crippen LogP contribution in [0.3, 0.4) is 0 Å². The van der Waals surface area contributed by atoms with Gasteiger partial charge in [-0.2, -0.15) is 0 Å². The first kappa shape index (κ1) is 15.0. The summed E-state index contributed by atoms with van der Waals surface area (Å²) in [5, 5.41) is 14.2. The Kier molecular flexibility index (Phi) is 4.55. The molecule has 2 rings (SSSR count). The standard InChI is InChI=1S/C15H13ClN2O3/c1-10-13(3-2-4-14(10)18(20)21)17-15(19)9-11-5-7-12(16)8-6-11/h2-8H,9H2,1H3,(H,17,19). The van der Waals surface area contributed by atoms with Gasteiger partial charge in [0.05, 0.1) is 22.6 Å². The van der Waals surface area contributed by atoms with Gasteiger partial charge in [-0.05, 0) is 30.7 Å². The molecular weight excluding hydrogens is 292 g/mol. The van der Waals surface area contributed by atoms with Gasteiger partial charge < -0.3 is 5.32 Å². The predicted octanol–water partition coefficient (Wildman–Crippen LogP) is 3.74. The van der Waals surface area contributed by atoms with Gasteiger partial charge >= 0.3 is 0 Å². The minimum absolute atomic E-state index is 0.0145. The molecule has 0 fully saturated rings. The Bertz CT molecular complexity index is 684. The number of carbonyl (C=O) groups excluding carboxylic acids is 1. The number of halogens is 1. The van der Waals surface area contributed by atoms with E-state index in [1.54, 1.807) is 43.3 Å². The van der Waals surface area contributed by atoms with Crippen LogP contribution in [0.1, 0.15) is 11.1 Å². The Hall–Kier alpha value is -2.40. The van der Waals surface area contributed by atoms with E-state index in [4.69, 9.17) is 11.6 Å². The zero-order chi connectivity index (χ0) is 15.4. The maximum absolute atomic E-state index is 12.0. The van der Waals surface area contributed by atoms with Gasteiger partial charge in [-0.25, -0.2) is 0 Å². The van der Waals surface area contributed by atoms with Crippen LogP contribution in [0.5, 0.6) is 0 Å². The molecule has 0 saturated heterocycles. The number of hydrogen-bond donors (Lipinski definition) is 1. The van der Waals surface area contributed by atoms with Gasteiger partial charge in [0.15, 0.2) is 0 Å². The van der Waals surface area contributed by atoms with E-state index in [1.165, 1.54) is 6.07 Å². The van der Waals surface area contributed by atoms with Gasteiger partial charge in [0.25, 0.3) is 5.69 Å². The molecule has 1 amide bonds. The lowest BCUT2D eigenvalue weighted by molar-refractivity contribution is -0.385. The number of nitrogens with one attached hydrogen (secondary N) is 1. The summed E-state index contributed by atoms with van der Waals surface area (Å²) in [7, 11) is 0. The normalized spacial score (nSPS) is 10.2. The number of nitrogens with zero attached hydrogens (tertiary/aromatic N) is 1. The van der Waals surface area contributed by atoms with E-state index in [-0.39, 0.29) is 18.0 Å². The van der Waals surface area contributed by atoms with Crippen molar-refractivity contribution in [1.82, 2.24) is 0 Å². The average molecular weight is 305 g/mol. The van der Waals surface area contributed by atoms with E-state index < -0.39 is 4.92 Å². The van der Waals surface area contributed by atoms with Crippen molar-refractivity contribution in [2.24, 2.45) is 0 Å². The number of anilines is 1. The molecule has 2 aromatic rings. The molecule has 0 unspecified atom stereocenters. The Morgan fingerprint density at radius 3 is 2.52 bits per heavy atom. The van der Waals surface area contributed by atoms with Crippen molar-refractivity contribution in [3.05, 3.63) is 68.7 Å². The van der Waals surface area contributed by atoms with Gasteiger partial charge in [0, 0.05) is 11.1 Å². The monoisotopic (exact) mass is 304 g/mol. The lowest BCUT2D eigenvalue weighted by atomic mass is 10.1. The molecule has 2 aromatic carbocycles. The van der Waals surface area contributed by atoms with Crippen LogP contribution < -0.4 is 5.32 Å². The zero-order valence-electron chi connectivity index (χ0n) is 11.3. The number of carbonyl (C=O) groups is 1. The van der Waals surface area contributed by atoms with Crippen molar-refractivity contribution in [2.45, 2.75) is 13.3 Å². The molecule has 0 spiro atoms. The third-order valence-corrected chi connectivity index (χ3v) is 3.31. The Balaban J connectivity index is 2.11. The number of nitro benzene ring substituents is 1. The predicted molar refractivity (Wildman–Crippen MR) is 81.6 cm³/mol. The molecular formula is C15H13ClN2O3. The van der Waals surface area contributed by atoms with Gasteiger partial charge in [0.1, 0.15) is 0 Å². The molecule has 0 aliphatic rings. The van der Waals surface area contributed by atoms with Crippen LogP contribution >= 0.6 is 11.6 Å². The van der Waals surface area contributed by atoms with Crippen molar-refractivity contribution in [3.63, 3.8) is 0 Å². The molecule has 1 N–H and O–H groups in total. The quantitative estimate of drug-likeness (QED) is 0.691. The van der Waals surface area contributed by atoms with Crippen LogP contribution in [-0.2, 0) is 11.2 Å². The van der Waals surface area contributed by atoms with Gasteiger partial charge in [-0.15, -0.1) is 0 Å². The molecule has 21 heavy (non-hydrogen) atoms. The van der Waals surface area contributed by atoms with E-state index in [0.29, 0.717) is 16.3 Å². The largest absolute Gasteiger partial charge is 0.325 e. The van der Waals surface area contributed by atoms with E-state index in [9.17, 15) is 14.9 Å².